The van der Waals surface area contributed by atoms with E-state index < -0.39 is 12.2 Å². The molecule has 0 fully saturated rings. The molecule has 0 amide bonds. The molecule has 0 rings (SSSR count). The Kier molecular flexibility index (Phi) is 42.2. The first-order valence-electron chi connectivity index (χ1n) is 10.8. The maximum Gasteiger partial charge on any atom is 4.00 e. The van der Waals surface area contributed by atoms with Crippen LogP contribution in [0.1, 0.15) is 93.9 Å². The van der Waals surface area contributed by atoms with Gasteiger partial charge in [-0.2, -0.15) is 0 Å². The Hall–Kier alpha value is 0.474. The zero-order valence-electron chi connectivity index (χ0n) is 20.1. The number of hydrogen-bond acceptors (Lipinski definition) is 6. The number of hydrogen-bond donors (Lipinski definition) is 2. The van der Waals surface area contributed by atoms with E-state index in [0.717, 1.165) is 25.7 Å². The minimum absolute atomic E-state index is 0. The van der Waals surface area contributed by atoms with E-state index in [0.29, 0.717) is 12.8 Å². The smallest absolute Gasteiger partial charge is 0.854 e. The van der Waals surface area contributed by atoms with Gasteiger partial charge in [0.1, 0.15) is 0 Å². The fraction of sp³-hybridized carbons (Fsp3) is 1.00. The Morgan fingerprint density at radius 3 is 0.931 bits per heavy atom. The molecule has 4 unspecified atom stereocenters. The van der Waals surface area contributed by atoms with Gasteiger partial charge in [-0.15, -0.1) is 25.4 Å². The van der Waals surface area contributed by atoms with Gasteiger partial charge in [0.15, 0.2) is 0 Å². The van der Waals surface area contributed by atoms with E-state index >= 15 is 0 Å². The Labute approximate surface area is 195 Å². The summed E-state index contributed by atoms with van der Waals surface area (Å²) in [7, 11) is 0. The predicted molar refractivity (Wildman–Crippen MR) is 109 cm³/mol. The monoisotopic (exact) mass is 456 g/mol. The Balaban J connectivity index is -0.0000000950. The normalized spacial score (nSPS) is 14.1. The summed E-state index contributed by atoms with van der Waals surface area (Å²) in [5, 5.41) is 59.0. The van der Waals surface area contributed by atoms with E-state index in [1.165, 1.54) is 0 Å². The van der Waals surface area contributed by atoms with Crippen LogP contribution in [0.2, 0.25) is 0 Å². The topological polar surface area (TPSA) is 133 Å². The van der Waals surface area contributed by atoms with Crippen molar-refractivity contribution >= 4 is 0 Å². The van der Waals surface area contributed by atoms with E-state index in [2.05, 4.69) is 0 Å². The van der Waals surface area contributed by atoms with Crippen LogP contribution in [0.4, 0.5) is 0 Å². The average molecular weight is 456 g/mol. The van der Waals surface area contributed by atoms with E-state index in [9.17, 15) is 20.4 Å². The molecule has 0 saturated heterocycles. The van der Waals surface area contributed by atoms with Crippen molar-refractivity contribution in [1.82, 2.24) is 0 Å². The SMILES string of the molecule is CC(C)O.CC(C)O.CCCC([O-])C(CC)C[O-].CCCC([O-])C(CC)C[O-].[Ti+4]. The molecular formula is C22H48O6Ti. The molecule has 0 aliphatic heterocycles. The summed E-state index contributed by atoms with van der Waals surface area (Å²) >= 11 is 0. The van der Waals surface area contributed by atoms with E-state index in [1.807, 2.05) is 27.7 Å². The predicted octanol–water partition coefficient (Wildman–Crippen LogP) is 0.576. The Bertz CT molecular complexity index is 228. The van der Waals surface area contributed by atoms with Crippen molar-refractivity contribution in [1.29, 1.82) is 0 Å². The van der Waals surface area contributed by atoms with Crippen molar-refractivity contribution in [3.63, 3.8) is 0 Å². The van der Waals surface area contributed by atoms with Gasteiger partial charge in [0.25, 0.3) is 0 Å². The standard InChI is InChI=1S/2C8H16O2.2C3H8O.Ti/c2*1-3-5-8(10)7(4-2)6-9;2*1-3(2)4;/h2*7-8H,3-6H2,1-2H3;2*3-4H,1-2H3;/q2*-2;;;+4. The molecule has 4 atom stereocenters. The van der Waals surface area contributed by atoms with Gasteiger partial charge in [0.2, 0.25) is 0 Å². The van der Waals surface area contributed by atoms with Crippen LogP contribution in [0, 0.1) is 11.8 Å². The molecule has 2 N–H and O–H groups in total. The van der Waals surface area contributed by atoms with Gasteiger partial charge >= 0.3 is 21.7 Å². The van der Waals surface area contributed by atoms with Gasteiger partial charge in [0, 0.05) is 12.2 Å². The van der Waals surface area contributed by atoms with Crippen LogP contribution in [0.15, 0.2) is 0 Å². The van der Waals surface area contributed by atoms with Gasteiger partial charge < -0.3 is 30.6 Å². The number of rotatable bonds is 10. The summed E-state index contributed by atoms with van der Waals surface area (Å²) in [5.41, 5.74) is 0. The Morgan fingerprint density at radius 2 is 0.828 bits per heavy atom. The third-order valence-electron chi connectivity index (χ3n) is 3.67. The van der Waals surface area contributed by atoms with Gasteiger partial charge in [-0.05, 0) is 27.7 Å². The van der Waals surface area contributed by atoms with E-state index in [4.69, 9.17) is 10.2 Å². The molecular weight excluding hydrogens is 408 g/mol. The summed E-state index contributed by atoms with van der Waals surface area (Å²) < 4.78 is 0. The second kappa shape index (κ2) is 30.7. The van der Waals surface area contributed by atoms with Gasteiger partial charge in [0.05, 0.1) is 0 Å². The molecule has 0 aromatic rings. The third-order valence-corrected chi connectivity index (χ3v) is 3.67. The molecule has 0 radical (unpaired) electrons. The van der Waals surface area contributed by atoms with Crippen LogP contribution in [-0.4, -0.2) is 47.8 Å². The first kappa shape index (κ1) is 39.9. The molecule has 6 nitrogen and oxygen atoms in total. The van der Waals surface area contributed by atoms with Gasteiger partial charge in [-0.25, -0.2) is 0 Å². The maximum atomic E-state index is 11.1. The molecule has 0 aromatic heterocycles. The Morgan fingerprint density at radius 1 is 0.621 bits per heavy atom. The summed E-state index contributed by atoms with van der Waals surface area (Å²) in [6, 6.07) is 0. The van der Waals surface area contributed by atoms with Gasteiger partial charge in [-0.1, -0.05) is 78.1 Å². The molecule has 29 heavy (non-hydrogen) atoms. The van der Waals surface area contributed by atoms with E-state index in [-0.39, 0.29) is 59.0 Å². The van der Waals surface area contributed by atoms with Crippen LogP contribution < -0.4 is 20.4 Å². The van der Waals surface area contributed by atoms with Crippen LogP contribution in [0.25, 0.3) is 0 Å². The summed E-state index contributed by atoms with van der Waals surface area (Å²) in [5.74, 6) is -0.278. The second-order valence-corrected chi connectivity index (χ2v) is 7.51. The molecule has 0 saturated carbocycles. The quantitative estimate of drug-likeness (QED) is 0.462. The molecule has 0 bridgehead atoms. The zero-order valence-corrected chi connectivity index (χ0v) is 21.7. The fourth-order valence-electron chi connectivity index (χ4n) is 2.02. The molecule has 0 heterocycles. The van der Waals surface area contributed by atoms with Crippen LogP contribution in [0.5, 0.6) is 0 Å². The average Bonchev–Trinajstić information content (AvgIpc) is 2.57. The molecule has 0 aliphatic carbocycles. The largest absolute Gasteiger partial charge is 4.00 e. The van der Waals surface area contributed by atoms with Crippen LogP contribution >= 0.6 is 0 Å². The minimum Gasteiger partial charge on any atom is -0.854 e. The summed E-state index contributed by atoms with van der Waals surface area (Å²) in [6.07, 6.45) is 2.99. The fourth-order valence-corrected chi connectivity index (χ4v) is 2.02. The first-order valence-corrected chi connectivity index (χ1v) is 10.8. The molecule has 0 aliphatic rings. The maximum absolute atomic E-state index is 11.1. The second-order valence-electron chi connectivity index (χ2n) is 7.51. The van der Waals surface area contributed by atoms with Crippen molar-refractivity contribution in [3.8, 4) is 0 Å². The summed E-state index contributed by atoms with van der Waals surface area (Å²) in [4.78, 5) is 0. The van der Waals surface area contributed by atoms with E-state index in [1.54, 1.807) is 27.7 Å². The molecule has 176 valence electrons. The zero-order chi connectivity index (χ0) is 23.1. The first-order chi connectivity index (χ1) is 13.0. The van der Waals surface area contributed by atoms with Crippen molar-refractivity contribution in [2.75, 3.05) is 13.2 Å². The number of aliphatic hydroxyl groups is 2. The van der Waals surface area contributed by atoms with Crippen molar-refractivity contribution < 1.29 is 52.4 Å². The van der Waals surface area contributed by atoms with Crippen LogP contribution in [-0.2, 0) is 21.7 Å². The third kappa shape index (κ3) is 39.5. The van der Waals surface area contributed by atoms with Crippen molar-refractivity contribution in [3.05, 3.63) is 0 Å². The van der Waals surface area contributed by atoms with Crippen LogP contribution in [0.3, 0.4) is 0 Å². The molecule has 0 spiro atoms. The minimum atomic E-state index is -0.618. The molecule has 7 heteroatoms. The summed E-state index contributed by atoms with van der Waals surface area (Å²) in [6.45, 7) is 14.2. The van der Waals surface area contributed by atoms with Crippen molar-refractivity contribution in [2.24, 2.45) is 11.8 Å². The van der Waals surface area contributed by atoms with Crippen molar-refractivity contribution in [2.45, 2.75) is 118 Å². The van der Waals surface area contributed by atoms with Gasteiger partial charge in [-0.3, -0.25) is 0 Å². The molecule has 0 aromatic carbocycles. The number of aliphatic hydroxyl groups excluding tert-OH is 2.